The van der Waals surface area contributed by atoms with Crippen LogP contribution in [0.5, 0.6) is 17.2 Å². The first-order chi connectivity index (χ1) is 15.9. The molecule has 6 nitrogen and oxygen atoms in total. The van der Waals surface area contributed by atoms with Crippen molar-refractivity contribution in [3.8, 4) is 23.3 Å². The van der Waals surface area contributed by atoms with E-state index in [9.17, 15) is 10.1 Å². The number of carbonyl (C=O) groups is 1. The number of aryl methyl sites for hydroxylation is 1. The van der Waals surface area contributed by atoms with Crippen LogP contribution < -0.4 is 19.5 Å². The van der Waals surface area contributed by atoms with Gasteiger partial charge in [-0.3, -0.25) is 4.79 Å². The maximum absolute atomic E-state index is 12.5. The average Bonchev–Trinajstić information content (AvgIpc) is 3.27. The molecule has 1 aliphatic heterocycles. The lowest BCUT2D eigenvalue weighted by atomic mass is 10.1. The van der Waals surface area contributed by atoms with E-state index < -0.39 is 5.91 Å². The number of carbonyl (C=O) groups excluding carboxylic acids is 1. The van der Waals surface area contributed by atoms with Crippen LogP contribution in [0, 0.1) is 21.8 Å². The Hall–Kier alpha value is -3.22. The van der Waals surface area contributed by atoms with Crippen LogP contribution in [0.15, 0.2) is 60.2 Å². The van der Waals surface area contributed by atoms with Crippen molar-refractivity contribution in [2.24, 2.45) is 0 Å². The van der Waals surface area contributed by atoms with E-state index >= 15 is 0 Å². The number of ether oxygens (including phenoxy) is 3. The first-order valence-electron chi connectivity index (χ1n) is 9.93. The zero-order chi connectivity index (χ0) is 23.4. The van der Waals surface area contributed by atoms with E-state index in [1.54, 1.807) is 24.3 Å². The summed E-state index contributed by atoms with van der Waals surface area (Å²) in [5.74, 6) is 1.63. The smallest absolute Gasteiger partial charge is 0.266 e. The molecule has 33 heavy (non-hydrogen) atoms. The average molecular weight is 573 g/mol. The van der Waals surface area contributed by atoms with Crippen molar-refractivity contribution in [1.82, 2.24) is 0 Å². The van der Waals surface area contributed by atoms with Gasteiger partial charge in [0.05, 0.1) is 3.57 Å². The highest BCUT2D eigenvalue weighted by Crippen LogP contribution is 2.33. The standard InChI is InChI=1S/C25H18ClIN2O4/c1-15-2-5-19(11-20(15)26)29-25(30)18(12-28)8-16-3-6-22(21(27)9-16)31-13-17-4-7-23-24(10-17)33-14-32-23/h2-11H,13-14H2,1H3,(H,29,30)/b18-8-. The molecule has 0 bridgehead atoms. The number of hydrogen-bond acceptors (Lipinski definition) is 5. The topological polar surface area (TPSA) is 80.6 Å². The van der Waals surface area contributed by atoms with Gasteiger partial charge in [-0.1, -0.05) is 29.8 Å². The summed E-state index contributed by atoms with van der Waals surface area (Å²) >= 11 is 8.27. The monoisotopic (exact) mass is 572 g/mol. The van der Waals surface area contributed by atoms with E-state index in [-0.39, 0.29) is 12.4 Å². The summed E-state index contributed by atoms with van der Waals surface area (Å²) in [7, 11) is 0. The summed E-state index contributed by atoms with van der Waals surface area (Å²) in [6.45, 7) is 2.47. The highest BCUT2D eigenvalue weighted by molar-refractivity contribution is 14.1. The second kappa shape index (κ2) is 10.1. The normalized spacial score (nSPS) is 12.2. The highest BCUT2D eigenvalue weighted by atomic mass is 127. The van der Waals surface area contributed by atoms with E-state index in [2.05, 4.69) is 27.9 Å². The first kappa shape index (κ1) is 23.0. The SMILES string of the molecule is Cc1ccc(NC(=O)/C(C#N)=C\c2ccc(OCc3ccc4c(c3)OCO4)c(I)c2)cc1Cl. The molecule has 0 saturated carbocycles. The zero-order valence-electron chi connectivity index (χ0n) is 17.5. The Labute approximate surface area is 209 Å². The molecule has 0 aromatic heterocycles. The third-order valence-electron chi connectivity index (χ3n) is 4.89. The zero-order valence-corrected chi connectivity index (χ0v) is 20.4. The van der Waals surface area contributed by atoms with Gasteiger partial charge in [0.25, 0.3) is 5.91 Å². The lowest BCUT2D eigenvalue weighted by Gasteiger charge is -2.10. The Morgan fingerprint density at radius 1 is 1.18 bits per heavy atom. The minimum absolute atomic E-state index is 0.0171. The predicted octanol–water partition coefficient (Wildman–Crippen LogP) is 6.11. The summed E-state index contributed by atoms with van der Waals surface area (Å²) in [6, 6.07) is 18.3. The minimum Gasteiger partial charge on any atom is -0.488 e. The Bertz CT molecular complexity index is 1300. The molecule has 0 radical (unpaired) electrons. The maximum atomic E-state index is 12.5. The van der Waals surface area contributed by atoms with Gasteiger partial charge >= 0.3 is 0 Å². The van der Waals surface area contributed by atoms with Gasteiger partial charge in [0.1, 0.15) is 24.0 Å². The molecule has 0 aliphatic carbocycles. The van der Waals surface area contributed by atoms with Gasteiger partial charge in [-0.2, -0.15) is 5.26 Å². The molecule has 3 aromatic rings. The van der Waals surface area contributed by atoms with Crippen molar-refractivity contribution < 1.29 is 19.0 Å². The summed E-state index contributed by atoms with van der Waals surface area (Å²) in [5, 5.41) is 12.7. The lowest BCUT2D eigenvalue weighted by molar-refractivity contribution is -0.112. The summed E-state index contributed by atoms with van der Waals surface area (Å²) in [4.78, 5) is 12.5. The number of nitriles is 1. The van der Waals surface area contributed by atoms with Crippen LogP contribution in [0.4, 0.5) is 5.69 Å². The van der Waals surface area contributed by atoms with Crippen LogP contribution in [-0.2, 0) is 11.4 Å². The quantitative estimate of drug-likeness (QED) is 0.219. The number of rotatable bonds is 6. The Balaban J connectivity index is 1.43. The van der Waals surface area contributed by atoms with Crippen molar-refractivity contribution >= 4 is 51.9 Å². The molecule has 0 spiro atoms. The third-order valence-corrected chi connectivity index (χ3v) is 6.14. The van der Waals surface area contributed by atoms with Crippen molar-refractivity contribution in [1.29, 1.82) is 5.26 Å². The fourth-order valence-corrected chi connectivity index (χ4v) is 3.98. The molecule has 0 fully saturated rings. The summed E-state index contributed by atoms with van der Waals surface area (Å²) < 4.78 is 17.5. The first-order valence-corrected chi connectivity index (χ1v) is 11.4. The van der Waals surface area contributed by atoms with E-state index in [1.165, 1.54) is 6.08 Å². The van der Waals surface area contributed by atoms with Gasteiger partial charge in [0.2, 0.25) is 6.79 Å². The highest BCUT2D eigenvalue weighted by Gasteiger charge is 2.14. The van der Waals surface area contributed by atoms with Crippen LogP contribution in [0.2, 0.25) is 5.02 Å². The molecule has 1 N–H and O–H groups in total. The molecule has 3 aromatic carbocycles. The van der Waals surface area contributed by atoms with Crippen molar-refractivity contribution in [3.05, 3.63) is 85.5 Å². The van der Waals surface area contributed by atoms with E-state index in [0.717, 1.165) is 20.4 Å². The molecule has 166 valence electrons. The van der Waals surface area contributed by atoms with E-state index in [0.29, 0.717) is 34.4 Å². The van der Waals surface area contributed by atoms with E-state index in [4.69, 9.17) is 25.8 Å². The molecule has 0 saturated heterocycles. The lowest BCUT2D eigenvalue weighted by Crippen LogP contribution is -2.13. The number of nitrogens with zero attached hydrogens (tertiary/aromatic N) is 1. The number of hydrogen-bond donors (Lipinski definition) is 1. The minimum atomic E-state index is -0.504. The second-order valence-corrected chi connectivity index (χ2v) is 8.82. The maximum Gasteiger partial charge on any atom is 0.266 e. The Morgan fingerprint density at radius 3 is 2.76 bits per heavy atom. The van der Waals surface area contributed by atoms with Crippen molar-refractivity contribution in [3.63, 3.8) is 0 Å². The van der Waals surface area contributed by atoms with Crippen LogP contribution in [0.1, 0.15) is 16.7 Å². The van der Waals surface area contributed by atoms with Gasteiger partial charge in [-0.05, 0) is 88.7 Å². The van der Waals surface area contributed by atoms with Crippen LogP contribution in [-0.4, -0.2) is 12.7 Å². The molecular formula is C25H18ClIN2O4. The molecule has 4 rings (SSSR count). The largest absolute Gasteiger partial charge is 0.488 e. The molecular weight excluding hydrogens is 555 g/mol. The van der Waals surface area contributed by atoms with Crippen LogP contribution in [0.3, 0.4) is 0 Å². The number of amides is 1. The molecule has 0 atom stereocenters. The van der Waals surface area contributed by atoms with E-state index in [1.807, 2.05) is 43.3 Å². The number of halogens is 2. The van der Waals surface area contributed by atoms with Crippen LogP contribution >= 0.6 is 34.2 Å². The van der Waals surface area contributed by atoms with Gasteiger partial charge in [0.15, 0.2) is 11.5 Å². The Morgan fingerprint density at radius 2 is 2.00 bits per heavy atom. The fourth-order valence-electron chi connectivity index (χ4n) is 3.10. The molecule has 1 heterocycles. The number of anilines is 1. The fraction of sp³-hybridized carbons (Fsp3) is 0.120. The van der Waals surface area contributed by atoms with Crippen LogP contribution in [0.25, 0.3) is 6.08 Å². The summed E-state index contributed by atoms with van der Waals surface area (Å²) in [6.07, 6.45) is 1.54. The number of fused-ring (bicyclic) bond motifs is 1. The predicted molar refractivity (Wildman–Crippen MR) is 134 cm³/mol. The second-order valence-electron chi connectivity index (χ2n) is 7.25. The van der Waals surface area contributed by atoms with Gasteiger partial charge < -0.3 is 19.5 Å². The molecule has 1 aliphatic rings. The van der Waals surface area contributed by atoms with Gasteiger partial charge in [-0.15, -0.1) is 0 Å². The van der Waals surface area contributed by atoms with Gasteiger partial charge in [-0.25, -0.2) is 0 Å². The van der Waals surface area contributed by atoms with Gasteiger partial charge in [0, 0.05) is 10.7 Å². The number of benzene rings is 3. The molecule has 8 heteroatoms. The molecule has 0 unspecified atom stereocenters. The third kappa shape index (κ3) is 5.59. The summed E-state index contributed by atoms with van der Waals surface area (Å²) in [5.41, 5.74) is 3.08. The Kier molecular flexibility index (Phi) is 7.06. The van der Waals surface area contributed by atoms with Crippen molar-refractivity contribution in [2.75, 3.05) is 12.1 Å². The number of nitrogens with one attached hydrogen (secondary N) is 1. The molecule has 1 amide bonds. The van der Waals surface area contributed by atoms with Crippen molar-refractivity contribution in [2.45, 2.75) is 13.5 Å².